The normalized spacial score (nSPS) is 29.1. The van der Waals surface area contributed by atoms with Gasteiger partial charge in [0.05, 0.1) is 7.11 Å². The highest BCUT2D eigenvalue weighted by Crippen LogP contribution is 2.41. The molecule has 5 nitrogen and oxygen atoms in total. The highest BCUT2D eigenvalue weighted by Gasteiger charge is 2.41. The first-order valence-corrected chi connectivity index (χ1v) is 7.39. The Morgan fingerprint density at radius 3 is 2.80 bits per heavy atom. The molecule has 0 spiro atoms. The van der Waals surface area contributed by atoms with E-state index in [2.05, 4.69) is 26.8 Å². The number of methoxy groups -OCH3 is 1. The van der Waals surface area contributed by atoms with Crippen molar-refractivity contribution in [2.75, 3.05) is 18.6 Å². The molecule has 1 aliphatic heterocycles. The van der Waals surface area contributed by atoms with E-state index in [-0.39, 0.29) is 5.69 Å². The van der Waals surface area contributed by atoms with Gasteiger partial charge in [-0.05, 0) is 36.8 Å². The molecule has 3 atom stereocenters. The lowest BCUT2D eigenvalue weighted by molar-refractivity contribution is 0.0592. The van der Waals surface area contributed by atoms with E-state index < -0.39 is 5.97 Å². The fourth-order valence-electron chi connectivity index (χ4n) is 3.73. The number of carbonyl (C=O) groups is 1. The van der Waals surface area contributed by atoms with Gasteiger partial charge in [-0.3, -0.25) is 0 Å². The summed E-state index contributed by atoms with van der Waals surface area (Å²) in [5.41, 5.74) is 0.267. The van der Waals surface area contributed by atoms with E-state index in [0.29, 0.717) is 12.0 Å². The second kappa shape index (κ2) is 5.38. The number of nitrogens with zero attached hydrogens (tertiary/aromatic N) is 3. The van der Waals surface area contributed by atoms with E-state index in [0.717, 1.165) is 18.3 Å². The number of aromatic nitrogens is 2. The maximum atomic E-state index is 11.4. The smallest absolute Gasteiger partial charge is 0.358 e. The third kappa shape index (κ3) is 2.25. The SMILES string of the molecule is COC(=O)c1ccc(N2CC(C)C3CCCCC32)nn1. The van der Waals surface area contributed by atoms with Crippen molar-refractivity contribution in [2.45, 2.75) is 38.6 Å². The molecule has 20 heavy (non-hydrogen) atoms. The Kier molecular flexibility index (Phi) is 3.59. The summed E-state index contributed by atoms with van der Waals surface area (Å²) >= 11 is 0. The highest BCUT2D eigenvalue weighted by atomic mass is 16.5. The third-order valence-corrected chi connectivity index (χ3v) is 4.74. The van der Waals surface area contributed by atoms with Gasteiger partial charge in [0.15, 0.2) is 11.5 Å². The van der Waals surface area contributed by atoms with Crippen molar-refractivity contribution in [3.63, 3.8) is 0 Å². The van der Waals surface area contributed by atoms with E-state index in [1.807, 2.05) is 6.07 Å². The Balaban J connectivity index is 1.80. The largest absolute Gasteiger partial charge is 0.464 e. The summed E-state index contributed by atoms with van der Waals surface area (Å²) in [5, 5.41) is 8.22. The van der Waals surface area contributed by atoms with Crippen LogP contribution >= 0.6 is 0 Å². The summed E-state index contributed by atoms with van der Waals surface area (Å²) in [7, 11) is 1.35. The number of esters is 1. The molecule has 5 heteroatoms. The van der Waals surface area contributed by atoms with Gasteiger partial charge in [-0.15, -0.1) is 10.2 Å². The zero-order chi connectivity index (χ0) is 14.1. The van der Waals surface area contributed by atoms with Crippen LogP contribution < -0.4 is 4.90 Å². The summed E-state index contributed by atoms with van der Waals surface area (Å²) in [6.45, 7) is 3.38. The lowest BCUT2D eigenvalue weighted by Gasteiger charge is -2.32. The van der Waals surface area contributed by atoms with Crippen molar-refractivity contribution in [1.29, 1.82) is 0 Å². The maximum absolute atomic E-state index is 11.4. The van der Waals surface area contributed by atoms with Gasteiger partial charge in [0.2, 0.25) is 0 Å². The minimum Gasteiger partial charge on any atom is -0.464 e. The average molecular weight is 275 g/mol. The maximum Gasteiger partial charge on any atom is 0.358 e. The van der Waals surface area contributed by atoms with Crippen LogP contribution in [0, 0.1) is 11.8 Å². The molecular weight excluding hydrogens is 254 g/mol. The molecule has 0 bridgehead atoms. The van der Waals surface area contributed by atoms with Crippen LogP contribution in [0.25, 0.3) is 0 Å². The molecule has 0 N–H and O–H groups in total. The number of rotatable bonds is 2. The minimum atomic E-state index is -0.436. The molecule has 3 rings (SSSR count). The summed E-state index contributed by atoms with van der Waals surface area (Å²) in [5.74, 6) is 1.95. The topological polar surface area (TPSA) is 55.3 Å². The molecule has 0 radical (unpaired) electrons. The molecule has 2 heterocycles. The predicted molar refractivity (Wildman–Crippen MR) is 75.6 cm³/mol. The summed E-state index contributed by atoms with van der Waals surface area (Å²) in [6, 6.07) is 4.19. The first kappa shape index (κ1) is 13.3. The molecule has 1 saturated carbocycles. The molecule has 0 aromatic carbocycles. The molecule has 1 aromatic rings. The minimum absolute atomic E-state index is 0.267. The summed E-state index contributed by atoms with van der Waals surface area (Å²) in [6.07, 6.45) is 5.23. The zero-order valence-corrected chi connectivity index (χ0v) is 12.1. The lowest BCUT2D eigenvalue weighted by atomic mass is 9.80. The van der Waals surface area contributed by atoms with Gasteiger partial charge < -0.3 is 9.64 Å². The molecule has 2 fully saturated rings. The van der Waals surface area contributed by atoms with Crippen LogP contribution in [-0.4, -0.2) is 35.9 Å². The van der Waals surface area contributed by atoms with Crippen molar-refractivity contribution in [1.82, 2.24) is 10.2 Å². The van der Waals surface area contributed by atoms with Gasteiger partial charge in [-0.2, -0.15) is 0 Å². The van der Waals surface area contributed by atoms with Crippen LogP contribution in [0.1, 0.15) is 43.1 Å². The van der Waals surface area contributed by atoms with Crippen molar-refractivity contribution >= 4 is 11.8 Å². The predicted octanol–water partition coefficient (Wildman–Crippen LogP) is 2.28. The fourth-order valence-corrected chi connectivity index (χ4v) is 3.73. The number of carbonyl (C=O) groups excluding carboxylic acids is 1. The van der Waals surface area contributed by atoms with Gasteiger partial charge in [0, 0.05) is 12.6 Å². The average Bonchev–Trinajstić information content (AvgIpc) is 2.84. The van der Waals surface area contributed by atoms with Crippen molar-refractivity contribution in [3.05, 3.63) is 17.8 Å². The second-order valence-corrected chi connectivity index (χ2v) is 5.91. The van der Waals surface area contributed by atoms with Gasteiger partial charge in [-0.25, -0.2) is 4.79 Å². The standard InChI is InChI=1S/C15H21N3O2/c1-10-9-18(13-6-4-3-5-11(10)13)14-8-7-12(16-17-14)15(19)20-2/h7-8,10-11,13H,3-6,9H2,1-2H3. The van der Waals surface area contributed by atoms with Crippen LogP contribution in [-0.2, 0) is 4.74 Å². The molecule has 0 amide bonds. The second-order valence-electron chi connectivity index (χ2n) is 5.91. The van der Waals surface area contributed by atoms with Gasteiger partial charge in [-0.1, -0.05) is 19.8 Å². The van der Waals surface area contributed by atoms with E-state index in [4.69, 9.17) is 0 Å². The van der Waals surface area contributed by atoms with E-state index >= 15 is 0 Å². The Morgan fingerprint density at radius 1 is 1.30 bits per heavy atom. The first-order valence-electron chi connectivity index (χ1n) is 7.39. The van der Waals surface area contributed by atoms with Crippen LogP contribution in [0.3, 0.4) is 0 Å². The summed E-state index contributed by atoms with van der Waals surface area (Å²) < 4.78 is 4.65. The quantitative estimate of drug-likeness (QED) is 0.775. The Hall–Kier alpha value is -1.65. The Labute approximate surface area is 119 Å². The molecule has 3 unspecified atom stereocenters. The summed E-state index contributed by atoms with van der Waals surface area (Å²) in [4.78, 5) is 13.8. The van der Waals surface area contributed by atoms with Gasteiger partial charge >= 0.3 is 5.97 Å². The van der Waals surface area contributed by atoms with Crippen molar-refractivity contribution in [3.8, 4) is 0 Å². The Morgan fingerprint density at radius 2 is 2.10 bits per heavy atom. The number of anilines is 1. The highest BCUT2D eigenvalue weighted by molar-refractivity contribution is 5.87. The first-order chi connectivity index (χ1) is 9.70. The monoisotopic (exact) mass is 275 g/mol. The van der Waals surface area contributed by atoms with Crippen LogP contribution in [0.15, 0.2) is 12.1 Å². The van der Waals surface area contributed by atoms with E-state index in [1.54, 1.807) is 6.07 Å². The Bertz CT molecular complexity index is 488. The van der Waals surface area contributed by atoms with Crippen molar-refractivity contribution in [2.24, 2.45) is 11.8 Å². The lowest BCUT2D eigenvalue weighted by Crippen LogP contribution is -2.35. The molecule has 1 aromatic heterocycles. The molecule has 108 valence electrons. The number of hydrogen-bond acceptors (Lipinski definition) is 5. The van der Waals surface area contributed by atoms with Crippen LogP contribution in [0.4, 0.5) is 5.82 Å². The fraction of sp³-hybridized carbons (Fsp3) is 0.667. The number of hydrogen-bond donors (Lipinski definition) is 0. The van der Waals surface area contributed by atoms with Crippen LogP contribution in [0.5, 0.6) is 0 Å². The van der Waals surface area contributed by atoms with Crippen molar-refractivity contribution < 1.29 is 9.53 Å². The molecule has 2 aliphatic rings. The van der Waals surface area contributed by atoms with Crippen LogP contribution in [0.2, 0.25) is 0 Å². The third-order valence-electron chi connectivity index (χ3n) is 4.74. The number of fused-ring (bicyclic) bond motifs is 1. The zero-order valence-electron chi connectivity index (χ0n) is 12.1. The van der Waals surface area contributed by atoms with E-state index in [9.17, 15) is 4.79 Å². The number of ether oxygens (including phenoxy) is 1. The molecule has 1 saturated heterocycles. The van der Waals surface area contributed by atoms with Gasteiger partial charge in [0.1, 0.15) is 0 Å². The van der Waals surface area contributed by atoms with E-state index in [1.165, 1.54) is 32.8 Å². The van der Waals surface area contributed by atoms with Gasteiger partial charge in [0.25, 0.3) is 0 Å². The molecular formula is C15H21N3O2. The molecule has 1 aliphatic carbocycles.